The van der Waals surface area contributed by atoms with E-state index in [-0.39, 0.29) is 6.61 Å². The minimum absolute atomic E-state index is 0.119. The van der Waals surface area contributed by atoms with Crippen LogP contribution in [0.3, 0.4) is 0 Å². The lowest BCUT2D eigenvalue weighted by atomic mass is 10.3. The summed E-state index contributed by atoms with van der Waals surface area (Å²) in [5.41, 5.74) is 0.940. The summed E-state index contributed by atoms with van der Waals surface area (Å²) in [5, 5.41) is 22.7. The van der Waals surface area contributed by atoms with Crippen LogP contribution in [-0.2, 0) is 0 Å². The van der Waals surface area contributed by atoms with Gasteiger partial charge in [0.2, 0.25) is 17.8 Å². The lowest BCUT2D eigenvalue weighted by molar-refractivity contribution is 0.292. The van der Waals surface area contributed by atoms with Crippen LogP contribution in [0.25, 0.3) is 10.2 Å². The Morgan fingerprint density at radius 2 is 1.96 bits per heavy atom. The standard InChI is InChI=1S/C17H22N8OS/c26-9-3-7-19-14-22-15(20-11-6-8-18-10-11)24-16(23-14)25-17-21-12-4-1-2-5-13(12)27-17/h1-2,4-5,11,18,26H,3,6-10H2,(H3,19,20,21,22,23,24,25). The summed E-state index contributed by atoms with van der Waals surface area (Å²) in [7, 11) is 0. The van der Waals surface area contributed by atoms with Crippen molar-refractivity contribution in [1.82, 2.24) is 25.3 Å². The number of thiazole rings is 1. The van der Waals surface area contributed by atoms with Gasteiger partial charge in [-0.2, -0.15) is 15.0 Å². The summed E-state index contributed by atoms with van der Waals surface area (Å²) in [5.74, 6) is 1.42. The molecule has 0 spiro atoms. The van der Waals surface area contributed by atoms with Gasteiger partial charge in [0, 0.05) is 25.7 Å². The maximum absolute atomic E-state index is 8.98. The molecular formula is C17H22N8OS. The lowest BCUT2D eigenvalue weighted by Gasteiger charge is -2.13. The molecule has 3 heterocycles. The molecule has 142 valence electrons. The summed E-state index contributed by atoms with van der Waals surface area (Å²) in [6.07, 6.45) is 1.65. The molecule has 27 heavy (non-hydrogen) atoms. The SMILES string of the molecule is OCCCNc1nc(Nc2nc3ccccc3s2)nc(NC2CCNC2)n1. The van der Waals surface area contributed by atoms with E-state index in [2.05, 4.69) is 41.2 Å². The molecule has 1 atom stereocenters. The van der Waals surface area contributed by atoms with E-state index in [1.807, 2.05) is 24.3 Å². The van der Waals surface area contributed by atoms with Crippen LogP contribution in [0.2, 0.25) is 0 Å². The second kappa shape index (κ2) is 8.42. The number of aliphatic hydroxyl groups excluding tert-OH is 1. The highest BCUT2D eigenvalue weighted by Gasteiger charge is 2.17. The van der Waals surface area contributed by atoms with Crippen LogP contribution in [0.5, 0.6) is 0 Å². The Kier molecular flexibility index (Phi) is 5.56. The Bertz CT molecular complexity index is 863. The van der Waals surface area contributed by atoms with Crippen LogP contribution < -0.4 is 21.3 Å². The predicted octanol–water partition coefficient (Wildman–Crippen LogP) is 1.79. The zero-order valence-electron chi connectivity index (χ0n) is 14.8. The van der Waals surface area contributed by atoms with Crippen LogP contribution in [0.15, 0.2) is 24.3 Å². The number of rotatable bonds is 8. The van der Waals surface area contributed by atoms with Crippen molar-refractivity contribution in [1.29, 1.82) is 0 Å². The van der Waals surface area contributed by atoms with Crippen molar-refractivity contribution in [2.75, 3.05) is 42.2 Å². The molecule has 5 N–H and O–H groups in total. The molecule has 3 aromatic rings. The van der Waals surface area contributed by atoms with E-state index < -0.39 is 0 Å². The average Bonchev–Trinajstić information content (AvgIpc) is 3.30. The molecule has 0 saturated carbocycles. The third kappa shape index (κ3) is 4.59. The minimum atomic E-state index is 0.119. The van der Waals surface area contributed by atoms with Gasteiger partial charge in [-0.25, -0.2) is 4.98 Å². The Morgan fingerprint density at radius 3 is 2.78 bits per heavy atom. The molecule has 4 rings (SSSR count). The average molecular weight is 386 g/mol. The van der Waals surface area contributed by atoms with E-state index in [0.717, 1.165) is 34.9 Å². The topological polar surface area (TPSA) is 120 Å². The lowest BCUT2D eigenvalue weighted by Crippen LogP contribution is -2.24. The van der Waals surface area contributed by atoms with Crippen molar-refractivity contribution < 1.29 is 5.11 Å². The number of nitrogens with zero attached hydrogens (tertiary/aromatic N) is 4. The molecule has 1 saturated heterocycles. The number of fused-ring (bicyclic) bond motifs is 1. The van der Waals surface area contributed by atoms with E-state index in [1.54, 1.807) is 11.3 Å². The van der Waals surface area contributed by atoms with Crippen LogP contribution in [-0.4, -0.2) is 57.3 Å². The van der Waals surface area contributed by atoms with E-state index in [1.165, 1.54) is 0 Å². The van der Waals surface area contributed by atoms with Gasteiger partial charge >= 0.3 is 0 Å². The van der Waals surface area contributed by atoms with Gasteiger partial charge in [0.1, 0.15) is 0 Å². The van der Waals surface area contributed by atoms with Gasteiger partial charge in [-0.3, -0.25) is 5.32 Å². The van der Waals surface area contributed by atoms with E-state index in [9.17, 15) is 0 Å². The quantitative estimate of drug-likeness (QED) is 0.369. The van der Waals surface area contributed by atoms with Crippen molar-refractivity contribution in [2.45, 2.75) is 18.9 Å². The molecule has 10 heteroatoms. The van der Waals surface area contributed by atoms with Crippen LogP contribution in [0, 0.1) is 0 Å². The van der Waals surface area contributed by atoms with Crippen molar-refractivity contribution in [2.24, 2.45) is 0 Å². The number of para-hydroxylation sites is 1. The first kappa shape index (κ1) is 17.8. The van der Waals surface area contributed by atoms with Gasteiger partial charge in [-0.15, -0.1) is 0 Å². The number of nitrogens with one attached hydrogen (secondary N) is 4. The summed E-state index contributed by atoms with van der Waals surface area (Å²) >= 11 is 1.55. The number of aromatic nitrogens is 4. The Morgan fingerprint density at radius 1 is 1.11 bits per heavy atom. The summed E-state index contributed by atoms with van der Waals surface area (Å²) < 4.78 is 1.10. The predicted molar refractivity (Wildman–Crippen MR) is 108 cm³/mol. The largest absolute Gasteiger partial charge is 0.396 e. The molecule has 0 radical (unpaired) electrons. The third-order valence-electron chi connectivity index (χ3n) is 4.16. The molecule has 1 aromatic carbocycles. The maximum atomic E-state index is 8.98. The smallest absolute Gasteiger partial charge is 0.235 e. The fourth-order valence-electron chi connectivity index (χ4n) is 2.84. The fraction of sp³-hybridized carbons (Fsp3) is 0.412. The molecule has 9 nitrogen and oxygen atoms in total. The summed E-state index contributed by atoms with van der Waals surface area (Å²) in [6, 6.07) is 8.27. The van der Waals surface area contributed by atoms with Gasteiger partial charge in [-0.1, -0.05) is 23.5 Å². The number of aliphatic hydroxyl groups is 1. The van der Waals surface area contributed by atoms with Gasteiger partial charge in [-0.05, 0) is 31.5 Å². The highest BCUT2D eigenvalue weighted by Crippen LogP contribution is 2.27. The monoisotopic (exact) mass is 386 g/mol. The van der Waals surface area contributed by atoms with Gasteiger partial charge in [0.05, 0.1) is 10.2 Å². The van der Waals surface area contributed by atoms with Crippen molar-refractivity contribution >= 4 is 44.5 Å². The first-order chi connectivity index (χ1) is 13.3. The van der Waals surface area contributed by atoms with Crippen molar-refractivity contribution in [3.05, 3.63) is 24.3 Å². The van der Waals surface area contributed by atoms with Crippen molar-refractivity contribution in [3.63, 3.8) is 0 Å². The van der Waals surface area contributed by atoms with Gasteiger partial charge < -0.3 is 21.1 Å². The Hall–Kier alpha value is -2.56. The Balaban J connectivity index is 1.55. The van der Waals surface area contributed by atoms with Gasteiger partial charge in [0.25, 0.3) is 0 Å². The first-order valence-corrected chi connectivity index (χ1v) is 9.82. The zero-order chi connectivity index (χ0) is 18.5. The van der Waals surface area contributed by atoms with Crippen LogP contribution >= 0.6 is 11.3 Å². The van der Waals surface area contributed by atoms with E-state index >= 15 is 0 Å². The number of hydrogen-bond donors (Lipinski definition) is 5. The normalized spacial score (nSPS) is 16.6. The molecule has 1 fully saturated rings. The molecule has 0 amide bonds. The number of benzene rings is 1. The molecule has 0 bridgehead atoms. The second-order valence-corrected chi connectivity index (χ2v) is 7.29. The molecule has 1 aliphatic heterocycles. The minimum Gasteiger partial charge on any atom is -0.396 e. The maximum Gasteiger partial charge on any atom is 0.235 e. The second-order valence-electron chi connectivity index (χ2n) is 6.26. The molecule has 0 aliphatic carbocycles. The highest BCUT2D eigenvalue weighted by molar-refractivity contribution is 7.22. The van der Waals surface area contributed by atoms with Crippen molar-refractivity contribution in [3.8, 4) is 0 Å². The summed E-state index contributed by atoms with van der Waals surface area (Å²) in [6.45, 7) is 2.58. The molecule has 2 aromatic heterocycles. The zero-order valence-corrected chi connectivity index (χ0v) is 15.6. The van der Waals surface area contributed by atoms with Crippen LogP contribution in [0.1, 0.15) is 12.8 Å². The summed E-state index contributed by atoms with van der Waals surface area (Å²) in [4.78, 5) is 17.9. The number of hydrogen-bond acceptors (Lipinski definition) is 10. The number of anilines is 4. The molecule has 1 unspecified atom stereocenters. The van der Waals surface area contributed by atoms with E-state index in [4.69, 9.17) is 5.11 Å². The highest BCUT2D eigenvalue weighted by atomic mass is 32.1. The third-order valence-corrected chi connectivity index (χ3v) is 5.11. The van der Waals surface area contributed by atoms with Gasteiger partial charge in [0.15, 0.2) is 5.13 Å². The first-order valence-electron chi connectivity index (χ1n) is 9.01. The molecular weight excluding hydrogens is 364 g/mol. The fourth-order valence-corrected chi connectivity index (χ4v) is 3.70. The Labute approximate surface area is 160 Å². The van der Waals surface area contributed by atoms with E-state index in [0.29, 0.717) is 36.9 Å². The molecule has 1 aliphatic rings. The van der Waals surface area contributed by atoms with Crippen LogP contribution in [0.4, 0.5) is 23.0 Å².